The van der Waals surface area contributed by atoms with E-state index in [-0.39, 0.29) is 6.10 Å². The first-order valence-electron chi connectivity index (χ1n) is 6.17. The summed E-state index contributed by atoms with van der Waals surface area (Å²) in [5.74, 6) is 0.658. The highest BCUT2D eigenvalue weighted by Crippen LogP contribution is 2.34. The monoisotopic (exact) mass is 364 g/mol. The average molecular weight is 366 g/mol. The van der Waals surface area contributed by atoms with Crippen molar-refractivity contribution in [2.75, 3.05) is 0 Å². The van der Waals surface area contributed by atoms with Crippen molar-refractivity contribution < 1.29 is 4.74 Å². The van der Waals surface area contributed by atoms with Crippen LogP contribution in [0.15, 0.2) is 41.5 Å². The molecule has 2 aromatic heterocycles. The van der Waals surface area contributed by atoms with Crippen LogP contribution in [0.2, 0.25) is 5.15 Å². The minimum Gasteiger partial charge on any atom is -0.483 e. The van der Waals surface area contributed by atoms with Crippen LogP contribution in [0, 0.1) is 0 Å². The average Bonchev–Trinajstić information content (AvgIpc) is 2.50. The molecule has 0 saturated carbocycles. The Labute approximate surface area is 134 Å². The third kappa shape index (κ3) is 2.96. The van der Waals surface area contributed by atoms with Crippen LogP contribution in [0.3, 0.4) is 0 Å². The Morgan fingerprint density at radius 3 is 2.81 bits per heavy atom. The summed E-state index contributed by atoms with van der Waals surface area (Å²) in [7, 11) is 0. The van der Waals surface area contributed by atoms with Gasteiger partial charge in [-0.15, -0.1) is 0 Å². The first-order valence-corrected chi connectivity index (χ1v) is 7.34. The second kappa shape index (κ2) is 5.91. The summed E-state index contributed by atoms with van der Waals surface area (Å²) >= 11 is 9.57. The summed E-state index contributed by atoms with van der Waals surface area (Å²) in [4.78, 5) is 16.2. The molecule has 0 aliphatic carbocycles. The first-order chi connectivity index (χ1) is 10.1. The predicted molar refractivity (Wildman–Crippen MR) is 83.3 cm³/mol. The molecule has 21 heavy (non-hydrogen) atoms. The zero-order valence-electron chi connectivity index (χ0n) is 11.0. The molecule has 3 aromatic rings. The van der Waals surface area contributed by atoms with Crippen molar-refractivity contribution >= 4 is 38.4 Å². The molecule has 0 aliphatic heterocycles. The Hall–Kier alpha value is -1.79. The van der Waals surface area contributed by atoms with Crippen LogP contribution in [0.4, 0.5) is 0 Å². The highest BCUT2D eigenvalue weighted by atomic mass is 79.9. The van der Waals surface area contributed by atoms with Gasteiger partial charge in [0.1, 0.15) is 29.7 Å². The van der Waals surface area contributed by atoms with Crippen LogP contribution in [-0.4, -0.2) is 19.9 Å². The minimum absolute atomic E-state index is 0.217. The van der Waals surface area contributed by atoms with Gasteiger partial charge in [0.05, 0.1) is 15.7 Å². The molecule has 5 nitrogen and oxygen atoms in total. The van der Waals surface area contributed by atoms with E-state index in [1.165, 1.54) is 12.7 Å². The van der Waals surface area contributed by atoms with Crippen molar-refractivity contribution in [3.05, 3.63) is 52.4 Å². The number of benzene rings is 1. The van der Waals surface area contributed by atoms with Gasteiger partial charge in [-0.25, -0.2) is 19.9 Å². The lowest BCUT2D eigenvalue weighted by Gasteiger charge is -2.15. The van der Waals surface area contributed by atoms with Gasteiger partial charge < -0.3 is 4.74 Å². The molecule has 1 unspecified atom stereocenters. The molecule has 0 N–H and O–H groups in total. The molecule has 2 heterocycles. The molecule has 1 atom stereocenters. The van der Waals surface area contributed by atoms with E-state index in [1.807, 2.05) is 25.1 Å². The molecule has 0 saturated heterocycles. The molecular formula is C14H10BrClN4O. The van der Waals surface area contributed by atoms with Crippen molar-refractivity contribution in [1.29, 1.82) is 0 Å². The van der Waals surface area contributed by atoms with Crippen LogP contribution in [0.1, 0.15) is 18.7 Å². The van der Waals surface area contributed by atoms with Crippen molar-refractivity contribution in [2.45, 2.75) is 13.0 Å². The maximum atomic E-state index is 6.09. The van der Waals surface area contributed by atoms with Gasteiger partial charge in [-0.05, 0) is 41.1 Å². The van der Waals surface area contributed by atoms with Crippen molar-refractivity contribution in [2.24, 2.45) is 0 Å². The fourth-order valence-corrected chi connectivity index (χ4v) is 2.53. The van der Waals surface area contributed by atoms with Crippen LogP contribution >= 0.6 is 27.5 Å². The molecule has 0 spiro atoms. The molecule has 1 aromatic carbocycles. The molecule has 3 rings (SSSR count). The van der Waals surface area contributed by atoms with Crippen molar-refractivity contribution in [3.8, 4) is 5.75 Å². The van der Waals surface area contributed by atoms with Crippen LogP contribution < -0.4 is 4.74 Å². The van der Waals surface area contributed by atoms with Crippen molar-refractivity contribution in [3.63, 3.8) is 0 Å². The van der Waals surface area contributed by atoms with Crippen LogP contribution in [-0.2, 0) is 0 Å². The Morgan fingerprint density at radius 2 is 2.05 bits per heavy atom. The van der Waals surface area contributed by atoms with Gasteiger partial charge in [0, 0.05) is 11.6 Å². The lowest BCUT2D eigenvalue weighted by atomic mass is 10.2. The van der Waals surface area contributed by atoms with Crippen LogP contribution in [0.25, 0.3) is 10.9 Å². The zero-order valence-corrected chi connectivity index (χ0v) is 13.3. The number of rotatable bonds is 3. The summed E-state index contributed by atoms with van der Waals surface area (Å²) in [6.07, 6.45) is 4.39. The van der Waals surface area contributed by atoms with Gasteiger partial charge in [-0.1, -0.05) is 11.6 Å². The van der Waals surface area contributed by atoms with Gasteiger partial charge in [0.15, 0.2) is 0 Å². The Kier molecular flexibility index (Phi) is 3.98. The van der Waals surface area contributed by atoms with E-state index >= 15 is 0 Å². The van der Waals surface area contributed by atoms with Gasteiger partial charge in [-0.3, -0.25) is 0 Å². The maximum Gasteiger partial charge on any atom is 0.140 e. The number of hydrogen-bond acceptors (Lipinski definition) is 5. The van der Waals surface area contributed by atoms with Crippen LogP contribution in [0.5, 0.6) is 5.75 Å². The van der Waals surface area contributed by atoms with E-state index in [2.05, 4.69) is 35.9 Å². The molecule has 0 bridgehead atoms. The fraction of sp³-hybridized carbons (Fsp3) is 0.143. The van der Waals surface area contributed by atoms with Gasteiger partial charge in [-0.2, -0.15) is 0 Å². The second-order valence-electron chi connectivity index (χ2n) is 4.36. The Morgan fingerprint density at radius 1 is 1.19 bits per heavy atom. The van der Waals surface area contributed by atoms with E-state index < -0.39 is 0 Å². The predicted octanol–water partition coefficient (Wildman–Crippen LogP) is 3.98. The van der Waals surface area contributed by atoms with E-state index in [0.717, 1.165) is 21.1 Å². The second-order valence-corrected chi connectivity index (χ2v) is 5.57. The maximum absolute atomic E-state index is 6.09. The van der Waals surface area contributed by atoms with E-state index in [4.69, 9.17) is 16.3 Å². The minimum atomic E-state index is -0.217. The number of fused-ring (bicyclic) bond motifs is 1. The van der Waals surface area contributed by atoms with E-state index in [1.54, 1.807) is 6.20 Å². The standard InChI is InChI=1S/C14H10BrClN4O/c1-8(11-2-3-17-6-18-11)21-13-4-9-12(5-10(13)15)19-7-20-14(9)16/h2-8H,1H3. The topological polar surface area (TPSA) is 60.8 Å². The Balaban J connectivity index is 1.97. The lowest BCUT2D eigenvalue weighted by molar-refractivity contribution is 0.220. The summed E-state index contributed by atoms with van der Waals surface area (Å²) in [5.41, 5.74) is 1.55. The van der Waals surface area contributed by atoms with E-state index in [0.29, 0.717) is 10.9 Å². The smallest absolute Gasteiger partial charge is 0.140 e. The lowest BCUT2D eigenvalue weighted by Crippen LogP contribution is -2.05. The summed E-state index contributed by atoms with van der Waals surface area (Å²) in [6, 6.07) is 5.49. The third-order valence-corrected chi connectivity index (χ3v) is 3.89. The number of hydrogen-bond donors (Lipinski definition) is 0. The molecule has 0 amide bonds. The highest BCUT2D eigenvalue weighted by molar-refractivity contribution is 9.10. The number of halogens is 2. The molecule has 0 fully saturated rings. The summed E-state index contributed by atoms with van der Waals surface area (Å²) in [6.45, 7) is 1.92. The quantitative estimate of drug-likeness (QED) is 0.657. The van der Waals surface area contributed by atoms with Gasteiger partial charge in [0.25, 0.3) is 0 Å². The largest absolute Gasteiger partial charge is 0.483 e. The van der Waals surface area contributed by atoms with Gasteiger partial charge >= 0.3 is 0 Å². The molecule has 0 aliphatic rings. The number of nitrogens with zero attached hydrogens (tertiary/aromatic N) is 4. The normalized spacial score (nSPS) is 12.3. The SMILES string of the molecule is CC(Oc1cc2c(Cl)ncnc2cc1Br)c1ccncn1. The highest BCUT2D eigenvalue weighted by Gasteiger charge is 2.13. The fourth-order valence-electron chi connectivity index (χ4n) is 1.91. The first kappa shape index (κ1) is 14.2. The van der Waals surface area contributed by atoms with Gasteiger partial charge in [0.2, 0.25) is 0 Å². The molecule has 106 valence electrons. The van der Waals surface area contributed by atoms with E-state index in [9.17, 15) is 0 Å². The number of aromatic nitrogens is 4. The third-order valence-electron chi connectivity index (χ3n) is 2.97. The Bertz CT molecular complexity index is 785. The zero-order chi connectivity index (χ0) is 14.8. The van der Waals surface area contributed by atoms with Crippen molar-refractivity contribution in [1.82, 2.24) is 19.9 Å². The molecule has 7 heteroatoms. The number of ether oxygens (including phenoxy) is 1. The molecule has 0 radical (unpaired) electrons. The summed E-state index contributed by atoms with van der Waals surface area (Å²) in [5, 5.41) is 1.14. The molecular weight excluding hydrogens is 356 g/mol. The summed E-state index contributed by atoms with van der Waals surface area (Å²) < 4.78 is 6.74.